The summed E-state index contributed by atoms with van der Waals surface area (Å²) in [5.41, 5.74) is 1.92. The summed E-state index contributed by atoms with van der Waals surface area (Å²) >= 11 is 6.66. The first-order valence-electron chi connectivity index (χ1n) is 14.0. The average molecular weight is 611 g/mol. The Labute approximate surface area is 251 Å². The molecular formula is C31H30ClF3N6O2. The molecule has 1 saturated heterocycles. The minimum atomic E-state index is -1.40. The summed E-state index contributed by atoms with van der Waals surface area (Å²) in [6.07, 6.45) is 6.10. The maximum atomic E-state index is 14.7. The number of anilines is 1. The average Bonchev–Trinajstić information content (AvgIpc) is 3.60. The Kier molecular flexibility index (Phi) is 7.53. The van der Waals surface area contributed by atoms with Crippen LogP contribution in [0.25, 0.3) is 27.9 Å². The number of ether oxygens (including phenoxy) is 1. The van der Waals surface area contributed by atoms with Crippen molar-refractivity contribution in [1.82, 2.24) is 24.6 Å². The summed E-state index contributed by atoms with van der Waals surface area (Å²) in [7, 11) is 0. The topological polar surface area (TPSA) is 76.4 Å². The Bertz CT molecular complexity index is 1730. The van der Waals surface area contributed by atoms with Gasteiger partial charge < -0.3 is 14.5 Å². The van der Waals surface area contributed by atoms with Crippen molar-refractivity contribution < 1.29 is 22.7 Å². The van der Waals surface area contributed by atoms with E-state index in [0.29, 0.717) is 58.9 Å². The number of halogens is 4. The van der Waals surface area contributed by atoms with Crippen molar-refractivity contribution in [2.24, 2.45) is 0 Å². The zero-order chi connectivity index (χ0) is 30.5. The number of hydrogen-bond acceptors (Lipinski definition) is 6. The summed E-state index contributed by atoms with van der Waals surface area (Å²) in [4.78, 5) is 24.9. The van der Waals surface area contributed by atoms with Gasteiger partial charge in [0.05, 0.1) is 35.0 Å². The molecule has 3 aromatic heterocycles. The third-order valence-corrected chi connectivity index (χ3v) is 7.79. The van der Waals surface area contributed by atoms with Gasteiger partial charge in [-0.2, -0.15) is 5.10 Å². The van der Waals surface area contributed by atoms with Crippen molar-refractivity contribution in [3.05, 3.63) is 77.2 Å². The van der Waals surface area contributed by atoms with Gasteiger partial charge >= 0.3 is 6.09 Å². The number of carbonyl (C=O) groups is 1. The van der Waals surface area contributed by atoms with Gasteiger partial charge in [-0.05, 0) is 70.0 Å². The van der Waals surface area contributed by atoms with Crippen LogP contribution in [0, 0.1) is 11.6 Å². The predicted molar refractivity (Wildman–Crippen MR) is 158 cm³/mol. The highest BCUT2D eigenvalue weighted by Crippen LogP contribution is 2.38. The van der Waals surface area contributed by atoms with E-state index in [4.69, 9.17) is 21.3 Å². The fraction of sp³-hybridized carbons (Fsp3) is 0.355. The second-order valence-corrected chi connectivity index (χ2v) is 12.1. The predicted octanol–water partition coefficient (Wildman–Crippen LogP) is 7.20. The Morgan fingerprint density at radius 3 is 2.60 bits per heavy atom. The molecule has 6 rings (SSSR count). The molecule has 43 heavy (non-hydrogen) atoms. The lowest BCUT2D eigenvalue weighted by molar-refractivity contribution is 0.0184. The second kappa shape index (κ2) is 11.2. The van der Waals surface area contributed by atoms with E-state index < -0.39 is 23.4 Å². The summed E-state index contributed by atoms with van der Waals surface area (Å²) in [6.45, 7) is 6.52. The van der Waals surface area contributed by atoms with Gasteiger partial charge in [0.1, 0.15) is 34.7 Å². The number of nitrogens with zero attached hydrogens (tertiary/aromatic N) is 6. The van der Waals surface area contributed by atoms with Gasteiger partial charge in [-0.1, -0.05) is 11.6 Å². The molecule has 1 aromatic carbocycles. The van der Waals surface area contributed by atoms with Crippen molar-refractivity contribution in [1.29, 1.82) is 0 Å². The summed E-state index contributed by atoms with van der Waals surface area (Å²) in [5, 5.41) is 4.96. The third kappa shape index (κ3) is 5.90. The number of fused-ring (bicyclic) bond motifs is 1. The molecule has 224 valence electrons. The van der Waals surface area contributed by atoms with Crippen LogP contribution >= 0.6 is 11.6 Å². The molecule has 1 atom stereocenters. The van der Waals surface area contributed by atoms with E-state index in [1.54, 1.807) is 23.2 Å². The molecule has 0 spiro atoms. The van der Waals surface area contributed by atoms with Crippen LogP contribution in [0.4, 0.5) is 23.8 Å². The molecule has 8 nitrogen and oxygen atoms in total. The molecule has 0 bridgehead atoms. The van der Waals surface area contributed by atoms with Gasteiger partial charge in [-0.25, -0.2) is 22.9 Å². The number of benzene rings is 1. The molecule has 0 N–H and O–H groups in total. The van der Waals surface area contributed by atoms with Crippen LogP contribution in [0.15, 0.2) is 55.0 Å². The van der Waals surface area contributed by atoms with Crippen molar-refractivity contribution >= 4 is 40.2 Å². The summed E-state index contributed by atoms with van der Waals surface area (Å²) < 4.78 is 50.7. The molecule has 2 aliphatic rings. The minimum Gasteiger partial charge on any atom is -0.444 e. The molecule has 4 aromatic rings. The molecule has 0 unspecified atom stereocenters. The van der Waals surface area contributed by atoms with Crippen molar-refractivity contribution in [2.45, 2.75) is 51.4 Å². The van der Waals surface area contributed by atoms with Crippen LogP contribution in [-0.2, 0) is 4.74 Å². The fourth-order valence-corrected chi connectivity index (χ4v) is 5.74. The van der Waals surface area contributed by atoms with Crippen molar-refractivity contribution in [3.63, 3.8) is 0 Å². The first kappa shape index (κ1) is 29.0. The molecule has 0 radical (unpaired) electrons. The summed E-state index contributed by atoms with van der Waals surface area (Å²) in [6, 6.07) is 6.55. The van der Waals surface area contributed by atoms with Gasteiger partial charge in [0.2, 0.25) is 0 Å². The number of rotatable bonds is 4. The molecule has 1 fully saturated rings. The number of piperidine rings is 1. The Hall–Kier alpha value is -4.12. The van der Waals surface area contributed by atoms with Crippen LogP contribution in [-0.4, -0.2) is 62.1 Å². The van der Waals surface area contributed by atoms with Crippen molar-refractivity contribution in [2.75, 3.05) is 24.5 Å². The largest absolute Gasteiger partial charge is 0.444 e. The van der Waals surface area contributed by atoms with E-state index in [-0.39, 0.29) is 29.9 Å². The van der Waals surface area contributed by atoms with E-state index in [9.17, 15) is 18.0 Å². The Balaban J connectivity index is 1.29. The Morgan fingerprint density at radius 2 is 1.86 bits per heavy atom. The zero-order valence-corrected chi connectivity index (χ0v) is 24.7. The first-order chi connectivity index (χ1) is 20.5. The highest BCUT2D eigenvalue weighted by atomic mass is 35.5. The van der Waals surface area contributed by atoms with E-state index in [2.05, 4.69) is 10.1 Å². The van der Waals surface area contributed by atoms with Crippen molar-refractivity contribution in [3.8, 4) is 11.1 Å². The molecule has 5 heterocycles. The highest BCUT2D eigenvalue weighted by molar-refractivity contribution is 6.34. The normalized spacial score (nSPS) is 17.9. The molecule has 1 amide bonds. The maximum Gasteiger partial charge on any atom is 0.410 e. The standard InChI is InChI=1S/C31H30ClF3N6O2/c1-31(2,3)43-30(42)39-10-8-21(9-11-39)41-16-18(14-37-41)28-23(32)15-36-25-6-7-27(38-29(25)28)40-17-20(34)13-26(40)22-12-19(33)4-5-24(22)35/h4-7,12-16,20-21H,8-11,17H2,1-3H3/t20-/m0/s1. The van der Waals surface area contributed by atoms with Crippen LogP contribution in [0.3, 0.4) is 0 Å². The number of hydrogen-bond donors (Lipinski definition) is 0. The van der Waals surface area contributed by atoms with Gasteiger partial charge in [-0.15, -0.1) is 0 Å². The van der Waals surface area contributed by atoms with E-state index in [1.807, 2.05) is 31.6 Å². The number of carbonyl (C=O) groups excluding carboxylic acids is 1. The maximum absolute atomic E-state index is 14.7. The molecule has 12 heteroatoms. The van der Waals surface area contributed by atoms with E-state index >= 15 is 0 Å². The lowest BCUT2D eigenvalue weighted by Gasteiger charge is -2.33. The summed E-state index contributed by atoms with van der Waals surface area (Å²) in [5.74, 6) is -0.950. The molecule has 0 aliphatic carbocycles. The zero-order valence-electron chi connectivity index (χ0n) is 23.9. The van der Waals surface area contributed by atoms with Gasteiger partial charge in [0.15, 0.2) is 0 Å². The van der Waals surface area contributed by atoms with E-state index in [1.165, 1.54) is 17.2 Å². The van der Waals surface area contributed by atoms with Crippen LogP contribution in [0.1, 0.15) is 45.2 Å². The SMILES string of the molecule is CC(C)(C)OC(=O)N1CCC(n2cc(-c3c(Cl)cnc4ccc(N5C[C@@H](F)C=C5c5cc(F)ccc5F)nc34)cn2)CC1. The van der Waals surface area contributed by atoms with Crippen LogP contribution in [0.5, 0.6) is 0 Å². The smallest absolute Gasteiger partial charge is 0.410 e. The Morgan fingerprint density at radius 1 is 1.09 bits per heavy atom. The molecule has 2 aliphatic heterocycles. The molecular weight excluding hydrogens is 581 g/mol. The minimum absolute atomic E-state index is 0.0505. The number of aromatic nitrogens is 4. The van der Waals surface area contributed by atoms with Gasteiger partial charge in [0.25, 0.3) is 0 Å². The van der Waals surface area contributed by atoms with Gasteiger partial charge in [0, 0.05) is 42.2 Å². The van der Waals surface area contributed by atoms with E-state index in [0.717, 1.165) is 18.2 Å². The lowest BCUT2D eigenvalue weighted by Crippen LogP contribution is -2.42. The second-order valence-electron chi connectivity index (χ2n) is 11.7. The monoisotopic (exact) mass is 610 g/mol. The van der Waals surface area contributed by atoms with Crippen LogP contribution < -0.4 is 4.90 Å². The number of amides is 1. The first-order valence-corrected chi connectivity index (χ1v) is 14.4. The van der Waals surface area contributed by atoms with Gasteiger partial charge in [-0.3, -0.25) is 9.67 Å². The highest BCUT2D eigenvalue weighted by Gasteiger charge is 2.30. The fourth-order valence-electron chi connectivity index (χ4n) is 5.50. The number of pyridine rings is 2. The molecule has 0 saturated carbocycles. The number of likely N-dealkylation sites (tertiary alicyclic amines) is 1. The third-order valence-electron chi connectivity index (χ3n) is 7.50. The quantitative estimate of drug-likeness (QED) is 0.243. The lowest BCUT2D eigenvalue weighted by atomic mass is 10.1. The van der Waals surface area contributed by atoms with Crippen LogP contribution in [0.2, 0.25) is 5.02 Å². The number of alkyl halides is 1.